The van der Waals surface area contributed by atoms with Gasteiger partial charge in [-0.25, -0.2) is 5.01 Å². The molecule has 122 valence electrons. The van der Waals surface area contributed by atoms with Crippen LogP contribution in [-0.2, 0) is 0 Å². The van der Waals surface area contributed by atoms with Gasteiger partial charge >= 0.3 is 0 Å². The first-order valence-electron chi connectivity index (χ1n) is 8.07. The average molecular weight is 327 g/mol. The highest BCUT2D eigenvalue weighted by Gasteiger charge is 2.32. The van der Waals surface area contributed by atoms with Crippen molar-refractivity contribution in [2.75, 3.05) is 9.91 Å². The third-order valence-electron chi connectivity index (χ3n) is 4.02. The fourth-order valence-electron chi connectivity index (χ4n) is 2.87. The summed E-state index contributed by atoms with van der Waals surface area (Å²) >= 11 is 0. The SMILES string of the molecule is O/C=C1/N(c2ccccc2)N=C(c2ccccc2)N1c1ccccc1. The zero-order valence-electron chi connectivity index (χ0n) is 13.5. The van der Waals surface area contributed by atoms with E-state index in [2.05, 4.69) is 0 Å². The van der Waals surface area contributed by atoms with Crippen molar-refractivity contribution >= 4 is 17.2 Å². The number of hydrogen-bond donors (Lipinski definition) is 1. The van der Waals surface area contributed by atoms with E-state index in [0.29, 0.717) is 5.82 Å². The van der Waals surface area contributed by atoms with Crippen LogP contribution in [0.25, 0.3) is 0 Å². The van der Waals surface area contributed by atoms with Crippen molar-refractivity contribution in [1.29, 1.82) is 0 Å². The second-order valence-electron chi connectivity index (χ2n) is 5.60. The summed E-state index contributed by atoms with van der Waals surface area (Å²) in [6, 6.07) is 29.6. The van der Waals surface area contributed by atoms with Crippen LogP contribution in [0.1, 0.15) is 5.56 Å². The van der Waals surface area contributed by atoms with Crippen molar-refractivity contribution in [1.82, 2.24) is 0 Å². The average Bonchev–Trinajstić information content (AvgIpc) is 3.09. The Labute approximate surface area is 146 Å². The van der Waals surface area contributed by atoms with E-state index in [0.717, 1.165) is 29.0 Å². The van der Waals surface area contributed by atoms with Crippen LogP contribution in [0, 0.1) is 0 Å². The molecule has 0 spiro atoms. The van der Waals surface area contributed by atoms with Gasteiger partial charge in [0.2, 0.25) is 0 Å². The maximum absolute atomic E-state index is 9.98. The molecule has 0 aromatic heterocycles. The second kappa shape index (κ2) is 6.53. The van der Waals surface area contributed by atoms with E-state index >= 15 is 0 Å². The van der Waals surface area contributed by atoms with Crippen LogP contribution in [0.4, 0.5) is 11.4 Å². The molecule has 0 fully saturated rings. The summed E-state index contributed by atoms with van der Waals surface area (Å²) in [7, 11) is 0. The smallest absolute Gasteiger partial charge is 0.175 e. The van der Waals surface area contributed by atoms with Gasteiger partial charge in [0.25, 0.3) is 0 Å². The molecule has 1 aliphatic rings. The standard InChI is InChI=1S/C21H17N3O/c25-16-20-23(18-12-6-2-7-13-18)21(17-10-4-1-5-11-17)22-24(20)19-14-8-3-9-15-19/h1-16,25H/b20-16+. The summed E-state index contributed by atoms with van der Waals surface area (Å²) in [6.45, 7) is 0. The lowest BCUT2D eigenvalue weighted by Gasteiger charge is -2.23. The molecule has 1 aliphatic heterocycles. The minimum Gasteiger partial charge on any atom is -0.512 e. The van der Waals surface area contributed by atoms with Crippen LogP contribution in [-0.4, -0.2) is 10.9 Å². The van der Waals surface area contributed by atoms with Gasteiger partial charge in [0, 0.05) is 11.3 Å². The second-order valence-corrected chi connectivity index (χ2v) is 5.60. The van der Waals surface area contributed by atoms with Crippen LogP contribution >= 0.6 is 0 Å². The van der Waals surface area contributed by atoms with E-state index in [1.807, 2.05) is 95.9 Å². The van der Waals surface area contributed by atoms with Crippen molar-refractivity contribution in [3.63, 3.8) is 0 Å². The van der Waals surface area contributed by atoms with Gasteiger partial charge in [-0.3, -0.25) is 4.90 Å². The molecule has 0 bridgehead atoms. The van der Waals surface area contributed by atoms with Crippen molar-refractivity contribution in [3.05, 3.63) is 109 Å². The number of para-hydroxylation sites is 2. The van der Waals surface area contributed by atoms with E-state index in [1.54, 1.807) is 5.01 Å². The molecule has 1 N–H and O–H groups in total. The van der Waals surface area contributed by atoms with Gasteiger partial charge in [0.15, 0.2) is 11.7 Å². The number of aliphatic hydroxyl groups is 1. The lowest BCUT2D eigenvalue weighted by Crippen LogP contribution is -2.29. The predicted octanol–water partition coefficient (Wildman–Crippen LogP) is 4.73. The molecule has 0 radical (unpaired) electrons. The van der Waals surface area contributed by atoms with E-state index in [4.69, 9.17) is 5.10 Å². The number of benzene rings is 3. The molecule has 4 rings (SSSR count). The molecule has 0 unspecified atom stereocenters. The normalized spacial score (nSPS) is 15.5. The van der Waals surface area contributed by atoms with Crippen LogP contribution in [0.3, 0.4) is 0 Å². The maximum atomic E-state index is 9.98. The van der Waals surface area contributed by atoms with Gasteiger partial charge in [0.05, 0.1) is 5.69 Å². The monoisotopic (exact) mass is 327 g/mol. The zero-order valence-corrected chi connectivity index (χ0v) is 13.5. The number of anilines is 2. The lowest BCUT2D eigenvalue weighted by molar-refractivity contribution is 0.465. The molecule has 0 atom stereocenters. The Hall–Kier alpha value is -3.53. The molecular weight excluding hydrogens is 310 g/mol. The number of aliphatic hydroxyl groups excluding tert-OH is 1. The van der Waals surface area contributed by atoms with Crippen LogP contribution in [0.15, 0.2) is 108 Å². The molecule has 0 aliphatic carbocycles. The van der Waals surface area contributed by atoms with Gasteiger partial charge in [0.1, 0.15) is 6.26 Å². The Bertz CT molecular complexity index is 906. The van der Waals surface area contributed by atoms with Crippen LogP contribution < -0.4 is 9.91 Å². The molecule has 1 heterocycles. The van der Waals surface area contributed by atoms with E-state index in [9.17, 15) is 5.11 Å². The fourth-order valence-corrected chi connectivity index (χ4v) is 2.87. The molecule has 25 heavy (non-hydrogen) atoms. The molecule has 0 amide bonds. The predicted molar refractivity (Wildman–Crippen MR) is 102 cm³/mol. The number of rotatable bonds is 3. The number of nitrogens with zero attached hydrogens (tertiary/aromatic N) is 3. The molecule has 3 aromatic carbocycles. The minimum absolute atomic E-state index is 0.580. The Kier molecular flexibility index (Phi) is 3.92. The van der Waals surface area contributed by atoms with E-state index in [-0.39, 0.29) is 0 Å². The summed E-state index contributed by atoms with van der Waals surface area (Å²) in [5.41, 5.74) is 2.79. The molecule has 4 heteroatoms. The summed E-state index contributed by atoms with van der Waals surface area (Å²) in [4.78, 5) is 1.95. The summed E-state index contributed by atoms with van der Waals surface area (Å²) < 4.78 is 0. The Morgan fingerprint density at radius 1 is 0.680 bits per heavy atom. The van der Waals surface area contributed by atoms with Gasteiger partial charge in [-0.05, 0) is 24.3 Å². The van der Waals surface area contributed by atoms with Crippen molar-refractivity contribution in [2.45, 2.75) is 0 Å². The first-order chi connectivity index (χ1) is 12.4. The topological polar surface area (TPSA) is 39.1 Å². The van der Waals surface area contributed by atoms with Crippen molar-refractivity contribution < 1.29 is 5.11 Å². The highest BCUT2D eigenvalue weighted by molar-refractivity contribution is 6.14. The zero-order chi connectivity index (χ0) is 17.1. The van der Waals surface area contributed by atoms with Crippen LogP contribution in [0.2, 0.25) is 0 Å². The lowest BCUT2D eigenvalue weighted by atomic mass is 10.2. The molecular formula is C21H17N3O. The minimum atomic E-state index is 0.580. The summed E-state index contributed by atoms with van der Waals surface area (Å²) in [5, 5.41) is 16.5. The van der Waals surface area contributed by atoms with Gasteiger partial charge in [-0.2, -0.15) is 0 Å². The third kappa shape index (κ3) is 2.74. The fraction of sp³-hybridized carbons (Fsp3) is 0. The first kappa shape index (κ1) is 15.0. The highest BCUT2D eigenvalue weighted by Crippen LogP contribution is 2.33. The molecule has 3 aromatic rings. The van der Waals surface area contributed by atoms with Crippen molar-refractivity contribution in [2.24, 2.45) is 5.10 Å². The Morgan fingerprint density at radius 3 is 1.76 bits per heavy atom. The van der Waals surface area contributed by atoms with E-state index in [1.165, 1.54) is 0 Å². The van der Waals surface area contributed by atoms with Gasteiger partial charge in [-0.1, -0.05) is 66.7 Å². The number of hydrazone groups is 1. The number of hydrogen-bond acceptors (Lipinski definition) is 4. The number of amidine groups is 1. The molecule has 0 saturated heterocycles. The largest absolute Gasteiger partial charge is 0.512 e. The third-order valence-corrected chi connectivity index (χ3v) is 4.02. The summed E-state index contributed by atoms with van der Waals surface area (Å²) in [6.07, 6.45) is 1.10. The maximum Gasteiger partial charge on any atom is 0.175 e. The molecule has 4 nitrogen and oxygen atoms in total. The molecule has 0 saturated carbocycles. The van der Waals surface area contributed by atoms with E-state index < -0.39 is 0 Å². The quantitative estimate of drug-likeness (QED) is 0.707. The van der Waals surface area contributed by atoms with Gasteiger partial charge < -0.3 is 5.11 Å². The highest BCUT2D eigenvalue weighted by atomic mass is 16.2. The first-order valence-corrected chi connectivity index (χ1v) is 8.07. The van der Waals surface area contributed by atoms with Crippen molar-refractivity contribution in [3.8, 4) is 0 Å². The summed E-state index contributed by atoms with van der Waals surface area (Å²) in [5.74, 6) is 1.34. The Morgan fingerprint density at radius 2 is 1.20 bits per heavy atom. The Balaban J connectivity index is 1.88. The van der Waals surface area contributed by atoms with Gasteiger partial charge in [-0.15, -0.1) is 5.10 Å². The van der Waals surface area contributed by atoms with Crippen LogP contribution in [0.5, 0.6) is 0 Å².